The lowest BCUT2D eigenvalue weighted by Crippen LogP contribution is -2.09. The number of rotatable bonds is 5. The molecule has 0 aliphatic heterocycles. The molecule has 0 saturated heterocycles. The van der Waals surface area contributed by atoms with Crippen LogP contribution in [0.3, 0.4) is 0 Å². The predicted octanol–water partition coefficient (Wildman–Crippen LogP) is 2.35. The van der Waals surface area contributed by atoms with Crippen LogP contribution < -0.4 is 9.47 Å². The molecule has 0 saturated carbocycles. The van der Waals surface area contributed by atoms with Gasteiger partial charge < -0.3 is 9.47 Å². The number of hydrogen-bond donors (Lipinski definition) is 0. The maximum atomic E-state index is 8.88. The van der Waals surface area contributed by atoms with Crippen molar-refractivity contribution < 1.29 is 9.47 Å². The summed E-state index contributed by atoms with van der Waals surface area (Å²) >= 11 is 0. The van der Waals surface area contributed by atoms with Gasteiger partial charge in [0.25, 0.3) is 0 Å². The summed E-state index contributed by atoms with van der Waals surface area (Å²) in [5.41, 5.74) is 0.702. The molecule has 0 aromatic heterocycles. The highest BCUT2D eigenvalue weighted by molar-refractivity contribution is 5.94. The largest absolute Gasteiger partial charge is 0.493 e. The summed E-state index contributed by atoms with van der Waals surface area (Å²) in [6, 6.07) is 10.5. The van der Waals surface area contributed by atoms with Crippen LogP contribution in [0.1, 0.15) is 6.42 Å². The Bertz CT molecular complexity index is 618. The van der Waals surface area contributed by atoms with Gasteiger partial charge in [0, 0.05) is 6.07 Å². The summed E-state index contributed by atoms with van der Waals surface area (Å²) in [7, 11) is 3.01. The lowest BCUT2D eigenvalue weighted by Gasteiger charge is -2.08. The lowest BCUT2D eigenvalue weighted by molar-refractivity contribution is 0.355. The van der Waals surface area contributed by atoms with Crippen LogP contribution in [-0.2, 0) is 0 Å². The van der Waals surface area contributed by atoms with Crippen LogP contribution in [0.4, 0.5) is 5.69 Å². The highest BCUT2D eigenvalue weighted by Gasteiger charge is 2.15. The van der Waals surface area contributed by atoms with E-state index in [0.29, 0.717) is 17.2 Å². The van der Waals surface area contributed by atoms with Crippen molar-refractivity contribution >= 4 is 11.4 Å². The van der Waals surface area contributed by atoms with E-state index in [0.717, 1.165) is 0 Å². The Morgan fingerprint density at radius 3 is 2.30 bits per heavy atom. The number of benzene rings is 1. The molecular formula is C14H12N4O2. The summed E-state index contributed by atoms with van der Waals surface area (Å²) in [5.74, 6) is -0.0105. The molecule has 20 heavy (non-hydrogen) atoms. The Kier molecular flexibility index (Phi) is 5.56. The van der Waals surface area contributed by atoms with Crippen molar-refractivity contribution in [2.24, 2.45) is 10.9 Å². The molecule has 0 spiro atoms. The summed E-state index contributed by atoms with van der Waals surface area (Å²) in [6.45, 7) is 0. The SMILES string of the molecule is COc1ccc(N=C(CC#N)C(C#N)C#N)cc1OC. The zero-order chi connectivity index (χ0) is 15.0. The fourth-order valence-corrected chi connectivity index (χ4v) is 1.53. The van der Waals surface area contributed by atoms with E-state index in [1.807, 2.05) is 18.2 Å². The molecule has 6 nitrogen and oxygen atoms in total. The Morgan fingerprint density at radius 2 is 1.80 bits per heavy atom. The number of nitrogens with zero attached hydrogens (tertiary/aromatic N) is 4. The smallest absolute Gasteiger partial charge is 0.172 e. The van der Waals surface area contributed by atoms with Crippen LogP contribution in [-0.4, -0.2) is 19.9 Å². The predicted molar refractivity (Wildman–Crippen MR) is 71.6 cm³/mol. The van der Waals surface area contributed by atoms with Gasteiger partial charge in [0.1, 0.15) is 0 Å². The number of hydrogen-bond acceptors (Lipinski definition) is 6. The van der Waals surface area contributed by atoms with Gasteiger partial charge >= 0.3 is 0 Å². The van der Waals surface area contributed by atoms with Gasteiger partial charge in [0.05, 0.1) is 50.2 Å². The molecular weight excluding hydrogens is 256 g/mol. The van der Waals surface area contributed by atoms with Crippen LogP contribution >= 0.6 is 0 Å². The third-order valence-corrected chi connectivity index (χ3v) is 2.49. The molecule has 1 aromatic rings. The molecule has 0 atom stereocenters. The second kappa shape index (κ2) is 7.41. The zero-order valence-electron chi connectivity index (χ0n) is 11.1. The third-order valence-electron chi connectivity index (χ3n) is 2.49. The van der Waals surface area contributed by atoms with Gasteiger partial charge in [-0.25, -0.2) is 0 Å². The molecule has 0 aliphatic carbocycles. The second-order valence-corrected chi connectivity index (χ2v) is 3.67. The molecule has 1 aromatic carbocycles. The topological polar surface area (TPSA) is 102 Å². The fourth-order valence-electron chi connectivity index (χ4n) is 1.53. The Hall–Kier alpha value is -3.04. The average Bonchev–Trinajstić information content (AvgIpc) is 2.48. The minimum Gasteiger partial charge on any atom is -0.493 e. The normalized spacial score (nSPS) is 10.3. The standard InChI is InChI=1S/C14H12N4O2/c1-19-13-4-3-11(7-14(13)20-2)18-12(5-6-15)10(8-16)9-17/h3-4,7,10H,5H2,1-2H3. The minimum atomic E-state index is -1.04. The zero-order valence-corrected chi connectivity index (χ0v) is 11.1. The van der Waals surface area contributed by atoms with E-state index >= 15 is 0 Å². The van der Waals surface area contributed by atoms with Crippen LogP contribution in [0.25, 0.3) is 0 Å². The third kappa shape index (κ3) is 3.48. The summed E-state index contributed by atoms with van der Waals surface area (Å²) in [4.78, 5) is 4.19. The lowest BCUT2D eigenvalue weighted by atomic mass is 10.0. The quantitative estimate of drug-likeness (QED) is 0.762. The summed E-state index contributed by atoms with van der Waals surface area (Å²) in [6.07, 6.45) is -0.0832. The maximum Gasteiger partial charge on any atom is 0.172 e. The van der Waals surface area contributed by atoms with E-state index in [1.54, 1.807) is 18.2 Å². The van der Waals surface area contributed by atoms with Gasteiger partial charge in [-0.2, -0.15) is 15.8 Å². The van der Waals surface area contributed by atoms with Crippen LogP contribution in [0.2, 0.25) is 0 Å². The van der Waals surface area contributed by atoms with E-state index in [2.05, 4.69) is 4.99 Å². The van der Waals surface area contributed by atoms with Crippen LogP contribution in [0, 0.1) is 39.9 Å². The van der Waals surface area contributed by atoms with Crippen molar-refractivity contribution in [3.05, 3.63) is 18.2 Å². The first-order chi connectivity index (χ1) is 9.69. The van der Waals surface area contributed by atoms with Gasteiger partial charge in [-0.1, -0.05) is 0 Å². The Balaban J connectivity index is 3.22. The van der Waals surface area contributed by atoms with E-state index in [9.17, 15) is 0 Å². The molecule has 0 unspecified atom stereocenters. The molecule has 6 heteroatoms. The van der Waals surface area contributed by atoms with E-state index < -0.39 is 5.92 Å². The van der Waals surface area contributed by atoms with Crippen molar-refractivity contribution in [2.75, 3.05) is 14.2 Å². The highest BCUT2D eigenvalue weighted by atomic mass is 16.5. The monoisotopic (exact) mass is 268 g/mol. The van der Waals surface area contributed by atoms with Gasteiger partial charge in [-0.15, -0.1) is 0 Å². The first-order valence-electron chi connectivity index (χ1n) is 5.65. The molecule has 1 rings (SSSR count). The van der Waals surface area contributed by atoms with Gasteiger partial charge in [0.15, 0.2) is 17.4 Å². The van der Waals surface area contributed by atoms with Gasteiger partial charge in [-0.3, -0.25) is 4.99 Å². The molecule has 0 amide bonds. The number of methoxy groups -OCH3 is 2. The number of aliphatic imine (C=N–C) groups is 1. The highest BCUT2D eigenvalue weighted by Crippen LogP contribution is 2.31. The summed E-state index contributed by atoms with van der Waals surface area (Å²) in [5, 5.41) is 26.5. The van der Waals surface area contributed by atoms with Gasteiger partial charge in [0.2, 0.25) is 0 Å². The van der Waals surface area contributed by atoms with E-state index in [1.165, 1.54) is 14.2 Å². The van der Waals surface area contributed by atoms with E-state index in [-0.39, 0.29) is 12.1 Å². The molecule has 0 bridgehead atoms. The molecule has 0 fully saturated rings. The van der Waals surface area contributed by atoms with Crippen molar-refractivity contribution in [3.63, 3.8) is 0 Å². The van der Waals surface area contributed by atoms with Crippen molar-refractivity contribution in [2.45, 2.75) is 6.42 Å². The Labute approximate surface area is 117 Å². The summed E-state index contributed by atoms with van der Waals surface area (Å²) < 4.78 is 10.2. The minimum absolute atomic E-state index is 0.0832. The van der Waals surface area contributed by atoms with Crippen LogP contribution in [0.15, 0.2) is 23.2 Å². The fraction of sp³-hybridized carbons (Fsp3) is 0.286. The molecule has 100 valence electrons. The Morgan fingerprint density at radius 1 is 1.15 bits per heavy atom. The average molecular weight is 268 g/mol. The first-order valence-corrected chi connectivity index (χ1v) is 5.65. The molecule has 0 radical (unpaired) electrons. The van der Waals surface area contributed by atoms with Crippen molar-refractivity contribution in [1.82, 2.24) is 0 Å². The maximum absolute atomic E-state index is 8.88. The molecule has 0 heterocycles. The number of ether oxygens (including phenoxy) is 2. The first kappa shape index (κ1) is 15.0. The van der Waals surface area contributed by atoms with Crippen LogP contribution in [0.5, 0.6) is 11.5 Å². The second-order valence-electron chi connectivity index (χ2n) is 3.67. The van der Waals surface area contributed by atoms with Gasteiger partial charge in [-0.05, 0) is 12.1 Å². The van der Waals surface area contributed by atoms with Crippen molar-refractivity contribution in [3.8, 4) is 29.7 Å². The molecule has 0 N–H and O–H groups in total. The molecule has 0 aliphatic rings. The van der Waals surface area contributed by atoms with Crippen molar-refractivity contribution in [1.29, 1.82) is 15.8 Å². The van der Waals surface area contributed by atoms with E-state index in [4.69, 9.17) is 25.3 Å². The number of nitriles is 3.